The fourth-order valence-corrected chi connectivity index (χ4v) is 3.51. The SMILES string of the molecule is CCOC(=O)c1c(NC(=O)COC(=O)Cc2ccccc2F)sc(C(N)=O)c1C. The van der Waals surface area contributed by atoms with Crippen LogP contribution in [0.3, 0.4) is 0 Å². The molecule has 2 amide bonds. The maximum Gasteiger partial charge on any atom is 0.341 e. The van der Waals surface area contributed by atoms with Gasteiger partial charge in [0, 0.05) is 0 Å². The number of nitrogens with two attached hydrogens (primary N) is 1. The van der Waals surface area contributed by atoms with Crippen molar-refractivity contribution in [3.63, 3.8) is 0 Å². The molecule has 1 aromatic carbocycles. The first kappa shape index (κ1) is 22.0. The largest absolute Gasteiger partial charge is 0.462 e. The maximum absolute atomic E-state index is 13.6. The van der Waals surface area contributed by atoms with Gasteiger partial charge in [0.15, 0.2) is 6.61 Å². The smallest absolute Gasteiger partial charge is 0.341 e. The van der Waals surface area contributed by atoms with E-state index in [1.807, 2.05) is 0 Å². The number of rotatable bonds is 8. The lowest BCUT2D eigenvalue weighted by molar-refractivity contribution is -0.146. The normalized spacial score (nSPS) is 10.3. The highest BCUT2D eigenvalue weighted by Gasteiger charge is 2.26. The number of anilines is 1. The fourth-order valence-electron chi connectivity index (χ4n) is 2.44. The Morgan fingerprint density at radius 3 is 2.48 bits per heavy atom. The number of hydrogen-bond acceptors (Lipinski definition) is 7. The van der Waals surface area contributed by atoms with Gasteiger partial charge in [-0.3, -0.25) is 14.4 Å². The predicted octanol–water partition coefficient (Wildman–Crippen LogP) is 2.20. The molecule has 154 valence electrons. The second-order valence-electron chi connectivity index (χ2n) is 5.82. The predicted molar refractivity (Wildman–Crippen MR) is 103 cm³/mol. The number of carbonyl (C=O) groups excluding carboxylic acids is 4. The summed E-state index contributed by atoms with van der Waals surface area (Å²) in [4.78, 5) is 47.8. The summed E-state index contributed by atoms with van der Waals surface area (Å²) in [5.41, 5.74) is 5.73. The van der Waals surface area contributed by atoms with Crippen LogP contribution in [0.25, 0.3) is 0 Å². The number of esters is 2. The zero-order valence-electron chi connectivity index (χ0n) is 15.7. The Kier molecular flexibility index (Phi) is 7.43. The Labute approximate surface area is 169 Å². The highest BCUT2D eigenvalue weighted by Crippen LogP contribution is 2.33. The molecular weight excluding hydrogens is 403 g/mol. The third-order valence-electron chi connectivity index (χ3n) is 3.76. The van der Waals surface area contributed by atoms with Crippen LogP contribution < -0.4 is 11.1 Å². The molecule has 0 aliphatic heterocycles. The van der Waals surface area contributed by atoms with Gasteiger partial charge in [-0.05, 0) is 31.0 Å². The van der Waals surface area contributed by atoms with E-state index in [0.717, 1.165) is 11.3 Å². The number of carbonyl (C=O) groups is 4. The molecule has 1 aromatic heterocycles. The molecule has 0 unspecified atom stereocenters. The number of ether oxygens (including phenoxy) is 2. The first-order valence-electron chi connectivity index (χ1n) is 8.53. The van der Waals surface area contributed by atoms with E-state index in [0.29, 0.717) is 0 Å². The summed E-state index contributed by atoms with van der Waals surface area (Å²) in [6.07, 6.45) is -0.335. The van der Waals surface area contributed by atoms with Gasteiger partial charge in [-0.15, -0.1) is 11.3 Å². The van der Waals surface area contributed by atoms with Crippen LogP contribution in [0.4, 0.5) is 9.39 Å². The minimum Gasteiger partial charge on any atom is -0.462 e. The lowest BCUT2D eigenvalue weighted by Crippen LogP contribution is -2.22. The van der Waals surface area contributed by atoms with Crippen molar-refractivity contribution in [3.05, 3.63) is 51.7 Å². The number of hydrogen-bond donors (Lipinski definition) is 2. The van der Waals surface area contributed by atoms with Gasteiger partial charge in [0.2, 0.25) is 0 Å². The van der Waals surface area contributed by atoms with Crippen LogP contribution in [0.2, 0.25) is 0 Å². The standard InChI is InChI=1S/C19H19FN2O6S/c1-3-27-19(26)15-10(2)16(17(21)25)29-18(15)22-13(23)9-28-14(24)8-11-6-4-5-7-12(11)20/h4-7H,3,8-9H2,1-2H3,(H2,21,25)(H,22,23). The third kappa shape index (κ3) is 5.61. The second kappa shape index (κ2) is 9.78. The van der Waals surface area contributed by atoms with Gasteiger partial charge in [-0.25, -0.2) is 9.18 Å². The molecule has 0 fully saturated rings. The van der Waals surface area contributed by atoms with Crippen LogP contribution in [-0.4, -0.2) is 37.0 Å². The van der Waals surface area contributed by atoms with Crippen LogP contribution in [0.1, 0.15) is 38.1 Å². The van der Waals surface area contributed by atoms with E-state index in [-0.39, 0.29) is 39.6 Å². The summed E-state index contributed by atoms with van der Waals surface area (Å²) in [5, 5.41) is 2.48. The molecule has 0 bridgehead atoms. The van der Waals surface area contributed by atoms with Crippen LogP contribution in [-0.2, 0) is 25.5 Å². The number of primary amides is 1. The van der Waals surface area contributed by atoms with Crippen LogP contribution in [0, 0.1) is 12.7 Å². The minimum atomic E-state index is -0.795. The van der Waals surface area contributed by atoms with E-state index in [1.54, 1.807) is 13.0 Å². The van der Waals surface area contributed by atoms with Crippen molar-refractivity contribution in [2.45, 2.75) is 20.3 Å². The van der Waals surface area contributed by atoms with Crippen molar-refractivity contribution in [2.75, 3.05) is 18.5 Å². The van der Waals surface area contributed by atoms with Gasteiger partial charge in [-0.2, -0.15) is 0 Å². The van der Waals surface area contributed by atoms with Gasteiger partial charge in [0.05, 0.1) is 23.5 Å². The van der Waals surface area contributed by atoms with E-state index in [1.165, 1.54) is 25.1 Å². The Balaban J connectivity index is 2.05. The molecule has 0 saturated carbocycles. The molecule has 0 atom stereocenters. The Morgan fingerprint density at radius 2 is 1.86 bits per heavy atom. The van der Waals surface area contributed by atoms with Crippen molar-refractivity contribution in [2.24, 2.45) is 5.73 Å². The number of benzene rings is 1. The van der Waals surface area contributed by atoms with E-state index in [9.17, 15) is 23.6 Å². The quantitative estimate of drug-likeness (QED) is 0.629. The fraction of sp³-hybridized carbons (Fsp3) is 0.263. The highest BCUT2D eigenvalue weighted by molar-refractivity contribution is 7.18. The van der Waals surface area contributed by atoms with Crippen LogP contribution >= 0.6 is 11.3 Å². The lowest BCUT2D eigenvalue weighted by atomic mass is 10.1. The van der Waals surface area contributed by atoms with Gasteiger partial charge < -0.3 is 20.5 Å². The Hall–Kier alpha value is -3.27. The molecule has 0 aliphatic carbocycles. The number of amides is 2. The average Bonchev–Trinajstić information content (AvgIpc) is 2.98. The van der Waals surface area contributed by atoms with Gasteiger partial charge in [0.25, 0.3) is 11.8 Å². The first-order chi connectivity index (χ1) is 13.7. The molecule has 2 aromatic rings. The van der Waals surface area contributed by atoms with Crippen LogP contribution in [0.15, 0.2) is 24.3 Å². The average molecular weight is 422 g/mol. The van der Waals surface area contributed by atoms with Crippen LogP contribution in [0.5, 0.6) is 0 Å². The Bertz CT molecular complexity index is 956. The molecule has 3 N–H and O–H groups in total. The van der Waals surface area contributed by atoms with Crippen molar-refractivity contribution in [1.29, 1.82) is 0 Å². The zero-order valence-corrected chi connectivity index (χ0v) is 16.6. The number of nitrogens with one attached hydrogen (secondary N) is 1. The van der Waals surface area contributed by atoms with Gasteiger partial charge in [-0.1, -0.05) is 18.2 Å². The molecular formula is C19H19FN2O6S. The van der Waals surface area contributed by atoms with Crippen molar-refractivity contribution < 1.29 is 33.0 Å². The van der Waals surface area contributed by atoms with E-state index < -0.39 is 36.2 Å². The van der Waals surface area contributed by atoms with Crippen molar-refractivity contribution >= 4 is 40.1 Å². The molecule has 1 heterocycles. The molecule has 2 rings (SSSR count). The zero-order chi connectivity index (χ0) is 21.6. The van der Waals surface area contributed by atoms with Crippen molar-refractivity contribution in [1.82, 2.24) is 0 Å². The Morgan fingerprint density at radius 1 is 1.17 bits per heavy atom. The number of thiophene rings is 1. The lowest BCUT2D eigenvalue weighted by Gasteiger charge is -2.08. The van der Waals surface area contributed by atoms with Gasteiger partial charge in [0.1, 0.15) is 10.8 Å². The summed E-state index contributed by atoms with van der Waals surface area (Å²) in [6.45, 7) is 2.56. The molecule has 10 heteroatoms. The summed E-state index contributed by atoms with van der Waals surface area (Å²) < 4.78 is 23.3. The first-order valence-corrected chi connectivity index (χ1v) is 9.35. The minimum absolute atomic E-state index is 0.0108. The highest BCUT2D eigenvalue weighted by atomic mass is 32.1. The topological polar surface area (TPSA) is 125 Å². The van der Waals surface area contributed by atoms with E-state index in [2.05, 4.69) is 5.32 Å². The maximum atomic E-state index is 13.6. The molecule has 8 nitrogen and oxygen atoms in total. The molecule has 0 spiro atoms. The summed E-state index contributed by atoms with van der Waals surface area (Å²) in [7, 11) is 0. The molecule has 0 saturated heterocycles. The van der Waals surface area contributed by atoms with Gasteiger partial charge >= 0.3 is 11.9 Å². The van der Waals surface area contributed by atoms with E-state index in [4.69, 9.17) is 15.2 Å². The molecule has 29 heavy (non-hydrogen) atoms. The molecule has 0 radical (unpaired) electrons. The third-order valence-corrected chi connectivity index (χ3v) is 4.98. The van der Waals surface area contributed by atoms with E-state index >= 15 is 0 Å². The monoisotopic (exact) mass is 422 g/mol. The second-order valence-corrected chi connectivity index (χ2v) is 6.84. The summed E-state index contributed by atoms with van der Waals surface area (Å²) >= 11 is 0.818. The van der Waals surface area contributed by atoms with Crippen molar-refractivity contribution in [3.8, 4) is 0 Å². The summed E-state index contributed by atoms with van der Waals surface area (Å²) in [5.74, 6) is -3.57. The summed E-state index contributed by atoms with van der Waals surface area (Å²) in [6, 6.07) is 5.70. The number of halogens is 1. The molecule has 0 aliphatic rings.